The molecule has 1 atom stereocenters. The summed E-state index contributed by atoms with van der Waals surface area (Å²) >= 11 is 0. The lowest BCUT2D eigenvalue weighted by atomic mass is 10.1. The fourth-order valence-corrected chi connectivity index (χ4v) is 2.30. The number of hydrogen-bond donors (Lipinski definition) is 2. The Labute approximate surface area is 122 Å². The number of likely N-dealkylation sites (tertiary alicyclic amines) is 1. The number of aromatic carboxylic acids is 1. The maximum absolute atomic E-state index is 12.1. The minimum absolute atomic E-state index is 0.0814. The molecule has 0 saturated carbocycles. The molecule has 0 spiro atoms. The minimum Gasteiger partial charge on any atom is -0.478 e. The highest BCUT2D eigenvalue weighted by atomic mass is 16.5. The van der Waals surface area contributed by atoms with Gasteiger partial charge in [0, 0.05) is 26.4 Å². The van der Waals surface area contributed by atoms with Gasteiger partial charge in [0.05, 0.1) is 23.9 Å². The number of carboxylic acid groups (broad SMARTS) is 1. The summed E-state index contributed by atoms with van der Waals surface area (Å²) in [6.45, 7) is 1.48. The van der Waals surface area contributed by atoms with E-state index in [1.807, 2.05) is 0 Å². The number of aromatic nitrogens is 1. The van der Waals surface area contributed by atoms with Gasteiger partial charge in [0.1, 0.15) is 0 Å². The average Bonchev–Trinajstić information content (AvgIpc) is 2.53. The molecule has 2 N–H and O–H groups in total. The van der Waals surface area contributed by atoms with Gasteiger partial charge in [-0.25, -0.2) is 9.59 Å². The van der Waals surface area contributed by atoms with Gasteiger partial charge in [-0.3, -0.25) is 4.98 Å². The summed E-state index contributed by atoms with van der Waals surface area (Å²) in [6, 6.07) is 2.69. The quantitative estimate of drug-likeness (QED) is 0.867. The van der Waals surface area contributed by atoms with Crippen molar-refractivity contribution in [3.8, 4) is 0 Å². The molecule has 2 rings (SSSR count). The standard InChI is InChI=1S/C14H19N3O4/c1-21-12-3-2-6-17(9-12)14(20)16-8-11-7-10(13(18)19)4-5-15-11/h4-5,7,12H,2-3,6,8-9H2,1H3,(H,16,20)(H,18,19). The molecule has 114 valence electrons. The van der Waals surface area contributed by atoms with E-state index in [1.54, 1.807) is 12.0 Å². The first-order valence-electron chi connectivity index (χ1n) is 6.84. The van der Waals surface area contributed by atoms with Gasteiger partial charge in [0.15, 0.2) is 0 Å². The number of amides is 2. The third-order valence-corrected chi connectivity index (χ3v) is 3.48. The molecule has 1 aliphatic heterocycles. The fourth-order valence-electron chi connectivity index (χ4n) is 2.30. The molecule has 1 fully saturated rings. The van der Waals surface area contributed by atoms with Crippen LogP contribution < -0.4 is 5.32 Å². The van der Waals surface area contributed by atoms with Crippen molar-refractivity contribution in [1.29, 1.82) is 0 Å². The molecule has 0 aliphatic carbocycles. The Morgan fingerprint density at radius 2 is 2.38 bits per heavy atom. The van der Waals surface area contributed by atoms with Gasteiger partial charge < -0.3 is 20.1 Å². The summed E-state index contributed by atoms with van der Waals surface area (Å²) in [7, 11) is 1.65. The van der Waals surface area contributed by atoms with Crippen molar-refractivity contribution >= 4 is 12.0 Å². The second-order valence-electron chi connectivity index (χ2n) is 4.95. The van der Waals surface area contributed by atoms with Crippen LogP contribution >= 0.6 is 0 Å². The van der Waals surface area contributed by atoms with Crippen molar-refractivity contribution in [2.24, 2.45) is 0 Å². The molecule has 1 aliphatic rings. The number of hydrogen-bond acceptors (Lipinski definition) is 4. The van der Waals surface area contributed by atoms with Gasteiger partial charge in [0.2, 0.25) is 0 Å². The van der Waals surface area contributed by atoms with Crippen LogP contribution in [-0.2, 0) is 11.3 Å². The molecule has 1 aromatic heterocycles. The van der Waals surface area contributed by atoms with Crippen LogP contribution in [0.4, 0.5) is 4.79 Å². The number of rotatable bonds is 4. The van der Waals surface area contributed by atoms with E-state index in [2.05, 4.69) is 10.3 Å². The number of carbonyl (C=O) groups is 2. The lowest BCUT2D eigenvalue weighted by Gasteiger charge is -2.31. The highest BCUT2D eigenvalue weighted by Gasteiger charge is 2.23. The summed E-state index contributed by atoms with van der Waals surface area (Å²) in [5, 5.41) is 11.7. The number of ether oxygens (including phenoxy) is 1. The molecule has 1 aromatic rings. The van der Waals surface area contributed by atoms with Gasteiger partial charge in [-0.15, -0.1) is 0 Å². The summed E-state index contributed by atoms with van der Waals surface area (Å²) in [4.78, 5) is 28.7. The van der Waals surface area contributed by atoms with Crippen LogP contribution in [0.15, 0.2) is 18.3 Å². The monoisotopic (exact) mass is 293 g/mol. The molecular formula is C14H19N3O4. The Hall–Kier alpha value is -2.15. The van der Waals surface area contributed by atoms with E-state index in [0.29, 0.717) is 18.8 Å². The lowest BCUT2D eigenvalue weighted by molar-refractivity contribution is 0.0434. The SMILES string of the molecule is COC1CCCN(C(=O)NCc2cc(C(=O)O)ccn2)C1. The maximum Gasteiger partial charge on any atom is 0.335 e. The normalized spacial score (nSPS) is 18.3. The maximum atomic E-state index is 12.1. The largest absolute Gasteiger partial charge is 0.478 e. The third-order valence-electron chi connectivity index (χ3n) is 3.48. The number of nitrogens with one attached hydrogen (secondary N) is 1. The number of methoxy groups -OCH3 is 1. The van der Waals surface area contributed by atoms with Crippen molar-refractivity contribution in [3.05, 3.63) is 29.6 Å². The van der Waals surface area contributed by atoms with E-state index < -0.39 is 5.97 Å². The summed E-state index contributed by atoms with van der Waals surface area (Å²) in [5.41, 5.74) is 0.676. The van der Waals surface area contributed by atoms with E-state index >= 15 is 0 Å². The van der Waals surface area contributed by atoms with E-state index in [0.717, 1.165) is 12.8 Å². The van der Waals surface area contributed by atoms with Crippen molar-refractivity contribution in [1.82, 2.24) is 15.2 Å². The zero-order chi connectivity index (χ0) is 15.2. The number of nitrogens with zero attached hydrogens (tertiary/aromatic N) is 2. The van der Waals surface area contributed by atoms with E-state index in [4.69, 9.17) is 9.84 Å². The molecule has 1 unspecified atom stereocenters. The first-order chi connectivity index (χ1) is 10.1. The van der Waals surface area contributed by atoms with Crippen LogP contribution in [0.25, 0.3) is 0 Å². The second kappa shape index (κ2) is 7.03. The van der Waals surface area contributed by atoms with Crippen LogP contribution in [0.5, 0.6) is 0 Å². The fraction of sp³-hybridized carbons (Fsp3) is 0.500. The first-order valence-corrected chi connectivity index (χ1v) is 6.84. The third kappa shape index (κ3) is 4.16. The van der Waals surface area contributed by atoms with Crippen molar-refractivity contribution in [2.45, 2.75) is 25.5 Å². The smallest absolute Gasteiger partial charge is 0.335 e. The zero-order valence-corrected chi connectivity index (χ0v) is 11.9. The Bertz CT molecular complexity index is 521. The lowest BCUT2D eigenvalue weighted by Crippen LogP contribution is -2.47. The molecule has 0 aromatic carbocycles. The van der Waals surface area contributed by atoms with Crippen LogP contribution in [0.3, 0.4) is 0 Å². The van der Waals surface area contributed by atoms with Crippen molar-refractivity contribution < 1.29 is 19.4 Å². The summed E-state index contributed by atoms with van der Waals surface area (Å²) in [6.07, 6.45) is 3.38. The Balaban J connectivity index is 1.89. The molecule has 21 heavy (non-hydrogen) atoms. The molecule has 0 bridgehead atoms. The number of carboxylic acids is 1. The predicted molar refractivity (Wildman–Crippen MR) is 75.0 cm³/mol. The average molecular weight is 293 g/mol. The number of urea groups is 1. The molecule has 0 radical (unpaired) electrons. The van der Waals surface area contributed by atoms with E-state index in [9.17, 15) is 9.59 Å². The van der Waals surface area contributed by atoms with Crippen LogP contribution in [0.2, 0.25) is 0 Å². The number of carbonyl (C=O) groups excluding carboxylic acids is 1. The van der Waals surface area contributed by atoms with Crippen molar-refractivity contribution in [2.75, 3.05) is 20.2 Å². The summed E-state index contributed by atoms with van der Waals surface area (Å²) < 4.78 is 5.28. The van der Waals surface area contributed by atoms with Crippen LogP contribution in [0.1, 0.15) is 28.9 Å². The molecule has 7 nitrogen and oxygen atoms in total. The highest BCUT2D eigenvalue weighted by Crippen LogP contribution is 2.12. The van der Waals surface area contributed by atoms with Gasteiger partial charge >= 0.3 is 12.0 Å². The second-order valence-corrected chi connectivity index (χ2v) is 4.95. The number of pyridine rings is 1. The first kappa shape index (κ1) is 15.2. The van der Waals surface area contributed by atoms with Crippen LogP contribution in [-0.4, -0.2) is 53.3 Å². The summed E-state index contributed by atoms with van der Waals surface area (Å²) in [5.74, 6) is -1.01. The van der Waals surface area contributed by atoms with Gasteiger partial charge in [0.25, 0.3) is 0 Å². The predicted octanol–water partition coefficient (Wildman–Crippen LogP) is 1.10. The Morgan fingerprint density at radius 3 is 3.10 bits per heavy atom. The van der Waals surface area contributed by atoms with Gasteiger partial charge in [-0.05, 0) is 25.0 Å². The topological polar surface area (TPSA) is 91.8 Å². The van der Waals surface area contributed by atoms with Gasteiger partial charge in [-0.1, -0.05) is 0 Å². The molecule has 2 amide bonds. The van der Waals surface area contributed by atoms with E-state index in [1.165, 1.54) is 18.3 Å². The molecule has 1 saturated heterocycles. The minimum atomic E-state index is -1.01. The zero-order valence-electron chi connectivity index (χ0n) is 11.9. The number of piperidine rings is 1. The van der Waals surface area contributed by atoms with Crippen LogP contribution in [0, 0.1) is 0 Å². The molecule has 2 heterocycles. The highest BCUT2D eigenvalue weighted by molar-refractivity contribution is 5.87. The molecule has 7 heteroatoms. The van der Waals surface area contributed by atoms with E-state index in [-0.39, 0.29) is 24.2 Å². The van der Waals surface area contributed by atoms with Gasteiger partial charge in [-0.2, -0.15) is 0 Å². The Morgan fingerprint density at radius 1 is 1.57 bits per heavy atom. The van der Waals surface area contributed by atoms with Crippen molar-refractivity contribution in [3.63, 3.8) is 0 Å². The molecular weight excluding hydrogens is 274 g/mol. The Kier molecular flexibility index (Phi) is 5.10.